The van der Waals surface area contributed by atoms with Crippen molar-refractivity contribution in [1.82, 2.24) is 15.2 Å². The number of piperidine rings is 1. The maximum absolute atomic E-state index is 11.2. The molecule has 142 valence electrons. The van der Waals surface area contributed by atoms with E-state index in [9.17, 15) is 4.79 Å². The second-order valence-corrected chi connectivity index (χ2v) is 7.38. The van der Waals surface area contributed by atoms with Crippen molar-refractivity contribution in [2.45, 2.75) is 46.0 Å². The zero-order valence-electron chi connectivity index (χ0n) is 15.2. The zero-order chi connectivity index (χ0) is 17.4. The molecule has 3 N–H and O–H groups in total. The molecule has 0 radical (unpaired) electrons. The Kier molecular flexibility index (Phi) is 10.3. The highest BCUT2D eigenvalue weighted by molar-refractivity contribution is 14.0. The van der Waals surface area contributed by atoms with E-state index >= 15 is 0 Å². The van der Waals surface area contributed by atoms with Crippen molar-refractivity contribution >= 4 is 47.2 Å². The van der Waals surface area contributed by atoms with Crippen molar-refractivity contribution in [2.75, 3.05) is 26.2 Å². The molecule has 1 atom stereocenters. The van der Waals surface area contributed by atoms with E-state index in [1.807, 2.05) is 6.20 Å². The molecule has 0 aromatic carbocycles. The van der Waals surface area contributed by atoms with Gasteiger partial charge < -0.3 is 16.0 Å². The number of primary amides is 1. The van der Waals surface area contributed by atoms with Gasteiger partial charge in [0.05, 0.1) is 5.01 Å². The van der Waals surface area contributed by atoms with Gasteiger partial charge in [-0.25, -0.2) is 4.98 Å². The van der Waals surface area contributed by atoms with E-state index in [1.165, 1.54) is 4.88 Å². The third-order valence-electron chi connectivity index (χ3n) is 4.18. The van der Waals surface area contributed by atoms with E-state index in [0.717, 1.165) is 62.8 Å². The topological polar surface area (TPSA) is 83.6 Å². The number of halogens is 1. The molecule has 1 amide bonds. The number of nitrogens with one attached hydrogen (secondary N) is 1. The van der Waals surface area contributed by atoms with Crippen LogP contribution in [0.1, 0.15) is 43.0 Å². The minimum Gasteiger partial charge on any atom is -0.370 e. The quantitative estimate of drug-likeness (QED) is 0.358. The number of rotatable bonds is 7. The van der Waals surface area contributed by atoms with E-state index in [-0.39, 0.29) is 29.9 Å². The van der Waals surface area contributed by atoms with Gasteiger partial charge in [-0.15, -0.1) is 35.3 Å². The largest absolute Gasteiger partial charge is 0.370 e. The Morgan fingerprint density at radius 3 is 2.96 bits per heavy atom. The lowest BCUT2D eigenvalue weighted by Crippen LogP contribution is -2.47. The molecule has 1 unspecified atom stereocenters. The summed E-state index contributed by atoms with van der Waals surface area (Å²) in [6, 6.07) is 0. The molecular weight excluding hydrogens is 449 g/mol. The van der Waals surface area contributed by atoms with Crippen molar-refractivity contribution in [1.29, 1.82) is 0 Å². The van der Waals surface area contributed by atoms with Gasteiger partial charge in [-0.05, 0) is 32.1 Å². The Bertz CT molecular complexity index is 563. The van der Waals surface area contributed by atoms with Crippen LogP contribution in [0.25, 0.3) is 0 Å². The molecule has 0 bridgehead atoms. The van der Waals surface area contributed by atoms with Gasteiger partial charge in [0.25, 0.3) is 0 Å². The molecule has 2 heterocycles. The average Bonchev–Trinajstić information content (AvgIpc) is 3.02. The normalized spacial score (nSPS) is 17.9. The predicted octanol–water partition coefficient (Wildman–Crippen LogP) is 2.42. The summed E-state index contributed by atoms with van der Waals surface area (Å²) in [6.07, 6.45) is 6.49. The van der Waals surface area contributed by atoms with Crippen LogP contribution in [0.5, 0.6) is 0 Å². The van der Waals surface area contributed by atoms with Crippen LogP contribution in [-0.4, -0.2) is 47.9 Å². The van der Waals surface area contributed by atoms with Gasteiger partial charge >= 0.3 is 0 Å². The van der Waals surface area contributed by atoms with Gasteiger partial charge in [0.1, 0.15) is 0 Å². The fourth-order valence-electron chi connectivity index (χ4n) is 3.02. The Hall–Kier alpha value is -0.900. The molecule has 2 rings (SSSR count). The van der Waals surface area contributed by atoms with Crippen molar-refractivity contribution in [3.63, 3.8) is 0 Å². The summed E-state index contributed by atoms with van der Waals surface area (Å²) in [6.45, 7) is 7.64. The number of carbonyl (C=O) groups excluding carboxylic acids is 1. The molecule has 25 heavy (non-hydrogen) atoms. The Labute approximate surface area is 171 Å². The van der Waals surface area contributed by atoms with Crippen molar-refractivity contribution < 1.29 is 4.79 Å². The molecule has 1 aliphatic heterocycles. The first kappa shape index (κ1) is 22.1. The number of aliphatic imine (C=N–C) groups is 1. The van der Waals surface area contributed by atoms with E-state index < -0.39 is 0 Å². The summed E-state index contributed by atoms with van der Waals surface area (Å²) in [5, 5.41) is 4.52. The second kappa shape index (κ2) is 11.7. The Balaban J connectivity index is 0.00000312. The lowest BCUT2D eigenvalue weighted by atomic mass is 9.95. The van der Waals surface area contributed by atoms with Gasteiger partial charge in [0, 0.05) is 50.1 Å². The smallest absolute Gasteiger partial charge is 0.217 e. The number of aryl methyl sites for hydroxylation is 1. The summed E-state index contributed by atoms with van der Waals surface area (Å²) in [7, 11) is 0. The first-order valence-corrected chi connectivity index (χ1v) is 9.69. The minimum atomic E-state index is -0.209. The third kappa shape index (κ3) is 7.47. The molecule has 1 aromatic rings. The number of amides is 1. The monoisotopic (exact) mass is 479 g/mol. The van der Waals surface area contributed by atoms with Crippen LogP contribution in [0.2, 0.25) is 0 Å². The number of nitrogens with zero attached hydrogens (tertiary/aromatic N) is 3. The zero-order valence-corrected chi connectivity index (χ0v) is 18.3. The van der Waals surface area contributed by atoms with E-state index in [0.29, 0.717) is 12.3 Å². The summed E-state index contributed by atoms with van der Waals surface area (Å²) in [5.74, 6) is 1.07. The van der Waals surface area contributed by atoms with Crippen molar-refractivity contribution in [2.24, 2.45) is 16.6 Å². The molecule has 0 spiro atoms. The highest BCUT2D eigenvalue weighted by Gasteiger charge is 2.23. The van der Waals surface area contributed by atoms with Crippen LogP contribution in [0.3, 0.4) is 0 Å². The first-order chi connectivity index (χ1) is 11.6. The summed E-state index contributed by atoms with van der Waals surface area (Å²) >= 11 is 1.77. The Morgan fingerprint density at radius 2 is 2.32 bits per heavy atom. The summed E-state index contributed by atoms with van der Waals surface area (Å²) in [5.41, 5.74) is 5.35. The number of hydrogen-bond donors (Lipinski definition) is 2. The number of aromatic nitrogens is 1. The van der Waals surface area contributed by atoms with Gasteiger partial charge in [-0.2, -0.15) is 0 Å². The highest BCUT2D eigenvalue weighted by Crippen LogP contribution is 2.19. The second-order valence-electron chi connectivity index (χ2n) is 6.18. The number of hydrogen-bond acceptors (Lipinski definition) is 4. The molecule has 1 fully saturated rings. The SMILES string of the molecule is CCNC(=NCCc1ncc(CC)s1)N1CCCC(CC(N)=O)C1.I. The Morgan fingerprint density at radius 1 is 1.52 bits per heavy atom. The molecule has 1 aromatic heterocycles. The van der Waals surface area contributed by atoms with Crippen LogP contribution < -0.4 is 11.1 Å². The van der Waals surface area contributed by atoms with Crippen LogP contribution in [0.4, 0.5) is 0 Å². The minimum absolute atomic E-state index is 0. The van der Waals surface area contributed by atoms with Crippen LogP contribution in [0.15, 0.2) is 11.2 Å². The van der Waals surface area contributed by atoms with Gasteiger partial charge in [0.15, 0.2) is 5.96 Å². The average molecular weight is 479 g/mol. The number of thiazole rings is 1. The third-order valence-corrected chi connectivity index (χ3v) is 5.38. The maximum Gasteiger partial charge on any atom is 0.217 e. The number of carbonyl (C=O) groups is 1. The van der Waals surface area contributed by atoms with Crippen LogP contribution >= 0.6 is 35.3 Å². The molecule has 1 aliphatic rings. The van der Waals surface area contributed by atoms with Crippen LogP contribution in [-0.2, 0) is 17.6 Å². The number of nitrogens with two attached hydrogens (primary N) is 1. The molecule has 6 nitrogen and oxygen atoms in total. The van der Waals surface area contributed by atoms with E-state index in [4.69, 9.17) is 10.7 Å². The standard InChI is InChI=1S/C17H29N5OS.HI/c1-3-14-11-21-16(24-14)7-8-20-17(19-4-2)22-9-5-6-13(12-22)10-15(18)23;/h11,13H,3-10,12H2,1-2H3,(H2,18,23)(H,19,20);1H. The van der Waals surface area contributed by atoms with E-state index in [1.54, 1.807) is 11.3 Å². The predicted molar refractivity (Wildman–Crippen MR) is 115 cm³/mol. The lowest BCUT2D eigenvalue weighted by Gasteiger charge is -2.34. The summed E-state index contributed by atoms with van der Waals surface area (Å²) in [4.78, 5) is 24.0. The summed E-state index contributed by atoms with van der Waals surface area (Å²) < 4.78 is 0. The van der Waals surface area contributed by atoms with Gasteiger partial charge in [0.2, 0.25) is 5.91 Å². The molecule has 1 saturated heterocycles. The fraction of sp³-hybridized carbons (Fsp3) is 0.706. The fourth-order valence-corrected chi connectivity index (χ4v) is 3.87. The molecular formula is C17H30IN5OS. The maximum atomic E-state index is 11.2. The first-order valence-electron chi connectivity index (χ1n) is 8.87. The highest BCUT2D eigenvalue weighted by atomic mass is 127. The van der Waals surface area contributed by atoms with Gasteiger partial charge in [-0.3, -0.25) is 9.79 Å². The molecule has 8 heteroatoms. The van der Waals surface area contributed by atoms with Crippen molar-refractivity contribution in [3.8, 4) is 0 Å². The molecule has 0 saturated carbocycles. The van der Waals surface area contributed by atoms with E-state index in [2.05, 4.69) is 29.0 Å². The van der Waals surface area contributed by atoms with Crippen molar-refractivity contribution in [3.05, 3.63) is 16.1 Å². The molecule has 0 aliphatic carbocycles. The number of guanidine groups is 1. The van der Waals surface area contributed by atoms with Gasteiger partial charge in [-0.1, -0.05) is 6.92 Å². The van der Waals surface area contributed by atoms with Crippen LogP contribution in [0, 0.1) is 5.92 Å². The number of likely N-dealkylation sites (tertiary alicyclic amines) is 1. The lowest BCUT2D eigenvalue weighted by molar-refractivity contribution is -0.119.